The topological polar surface area (TPSA) is 37.8 Å². The molecule has 1 aliphatic rings. The second-order valence-corrected chi connectivity index (χ2v) is 5.84. The van der Waals surface area contributed by atoms with Crippen molar-refractivity contribution in [1.82, 2.24) is 15.3 Å². The molecular weight excluding hydrogens is 218 g/mol. The Morgan fingerprint density at radius 1 is 1.44 bits per heavy atom. The highest BCUT2D eigenvalue weighted by Gasteiger charge is 2.20. The molecule has 1 aliphatic heterocycles. The normalized spacial score (nSPS) is 25.6. The van der Waals surface area contributed by atoms with E-state index in [1.165, 1.54) is 18.6 Å². The van der Waals surface area contributed by atoms with Gasteiger partial charge in [0.25, 0.3) is 0 Å². The maximum atomic E-state index is 4.36. The molecule has 0 saturated carbocycles. The van der Waals surface area contributed by atoms with Gasteiger partial charge in [0.05, 0.1) is 11.4 Å². The molecule has 2 rings (SSSR count). The number of nitrogens with one attached hydrogen (secondary N) is 1. The summed E-state index contributed by atoms with van der Waals surface area (Å²) in [6.07, 6.45) is 6.30. The molecule has 0 bridgehead atoms. The van der Waals surface area contributed by atoms with Crippen LogP contribution < -0.4 is 5.32 Å². The van der Waals surface area contributed by atoms with E-state index < -0.39 is 0 Å². The molecule has 1 fully saturated rings. The maximum Gasteiger partial charge on any atom is 0.0724 e. The fourth-order valence-corrected chi connectivity index (χ4v) is 3.11. The molecule has 1 aromatic heterocycles. The molecule has 0 amide bonds. The highest BCUT2D eigenvalue weighted by atomic mass is 32.2. The van der Waals surface area contributed by atoms with Crippen molar-refractivity contribution < 1.29 is 0 Å². The lowest BCUT2D eigenvalue weighted by Crippen LogP contribution is -2.38. The molecule has 2 heterocycles. The van der Waals surface area contributed by atoms with Crippen LogP contribution in [0.5, 0.6) is 0 Å². The Morgan fingerprint density at radius 3 is 3.00 bits per heavy atom. The van der Waals surface area contributed by atoms with Gasteiger partial charge in [0, 0.05) is 30.2 Å². The van der Waals surface area contributed by atoms with Crippen molar-refractivity contribution in [2.24, 2.45) is 0 Å². The second kappa shape index (κ2) is 5.64. The quantitative estimate of drug-likeness (QED) is 0.874. The molecule has 2 unspecified atom stereocenters. The van der Waals surface area contributed by atoms with Gasteiger partial charge in [-0.1, -0.05) is 6.92 Å². The highest BCUT2D eigenvalue weighted by Crippen LogP contribution is 2.25. The van der Waals surface area contributed by atoms with Gasteiger partial charge in [0.2, 0.25) is 0 Å². The molecule has 0 aliphatic carbocycles. The zero-order chi connectivity index (χ0) is 11.4. The van der Waals surface area contributed by atoms with E-state index >= 15 is 0 Å². The largest absolute Gasteiger partial charge is 0.307 e. The maximum absolute atomic E-state index is 4.36. The van der Waals surface area contributed by atoms with Gasteiger partial charge in [0.1, 0.15) is 0 Å². The monoisotopic (exact) mass is 237 g/mol. The van der Waals surface area contributed by atoms with Crippen molar-refractivity contribution in [2.45, 2.75) is 44.5 Å². The van der Waals surface area contributed by atoms with Gasteiger partial charge in [-0.25, -0.2) is 0 Å². The Bertz CT molecular complexity index is 326. The Balaban J connectivity index is 1.84. The van der Waals surface area contributed by atoms with Crippen LogP contribution >= 0.6 is 11.8 Å². The molecule has 0 aromatic carbocycles. The minimum absolute atomic E-state index is 0.627. The lowest BCUT2D eigenvalue weighted by atomic mass is 10.1. The van der Waals surface area contributed by atoms with Gasteiger partial charge in [-0.3, -0.25) is 9.97 Å². The molecule has 1 N–H and O–H groups in total. The molecule has 1 saturated heterocycles. The number of nitrogens with zero attached hydrogens (tertiary/aromatic N) is 2. The predicted molar refractivity (Wildman–Crippen MR) is 68.6 cm³/mol. The van der Waals surface area contributed by atoms with Crippen LogP contribution in [0.15, 0.2) is 12.4 Å². The summed E-state index contributed by atoms with van der Waals surface area (Å²) in [5.41, 5.74) is 2.01. The molecule has 88 valence electrons. The third-order valence-corrected chi connectivity index (χ3v) is 4.37. The molecule has 16 heavy (non-hydrogen) atoms. The summed E-state index contributed by atoms with van der Waals surface area (Å²) in [5, 5.41) is 4.30. The fourth-order valence-electron chi connectivity index (χ4n) is 1.94. The summed E-state index contributed by atoms with van der Waals surface area (Å²) in [5.74, 6) is 1.31. The number of hydrogen-bond donors (Lipinski definition) is 1. The summed E-state index contributed by atoms with van der Waals surface area (Å²) < 4.78 is 0. The van der Waals surface area contributed by atoms with Crippen molar-refractivity contribution in [3.8, 4) is 0 Å². The highest BCUT2D eigenvalue weighted by molar-refractivity contribution is 7.99. The van der Waals surface area contributed by atoms with E-state index in [1.807, 2.05) is 19.3 Å². The lowest BCUT2D eigenvalue weighted by Gasteiger charge is -2.29. The molecule has 2 atom stereocenters. The number of thioether (sulfide) groups is 1. The van der Waals surface area contributed by atoms with Crippen LogP contribution in [-0.2, 0) is 6.54 Å². The Labute approximate surface area is 101 Å². The average molecular weight is 237 g/mol. The number of rotatable bonds is 3. The summed E-state index contributed by atoms with van der Waals surface area (Å²) in [4.78, 5) is 8.61. The van der Waals surface area contributed by atoms with Gasteiger partial charge in [-0.05, 0) is 25.5 Å². The van der Waals surface area contributed by atoms with E-state index in [9.17, 15) is 0 Å². The van der Waals surface area contributed by atoms with E-state index in [1.54, 1.807) is 0 Å². The van der Waals surface area contributed by atoms with Crippen LogP contribution in [-0.4, -0.2) is 27.0 Å². The van der Waals surface area contributed by atoms with Gasteiger partial charge in [0.15, 0.2) is 0 Å². The molecule has 1 aromatic rings. The van der Waals surface area contributed by atoms with Crippen LogP contribution in [0.1, 0.15) is 31.2 Å². The fraction of sp³-hybridized carbons (Fsp3) is 0.667. The zero-order valence-electron chi connectivity index (χ0n) is 9.94. The van der Waals surface area contributed by atoms with Gasteiger partial charge >= 0.3 is 0 Å². The standard InChI is InChI=1S/C12H19N3S/c1-9-6-14-11(7-13-9)8-15-12-4-3-5-16-10(12)2/h6-7,10,12,15H,3-5,8H2,1-2H3. The summed E-state index contributed by atoms with van der Waals surface area (Å²) in [6, 6.07) is 0.627. The van der Waals surface area contributed by atoms with E-state index in [0.717, 1.165) is 17.9 Å². The van der Waals surface area contributed by atoms with Crippen LogP contribution in [0.2, 0.25) is 0 Å². The zero-order valence-corrected chi connectivity index (χ0v) is 10.8. The van der Waals surface area contributed by atoms with Crippen molar-refractivity contribution in [3.63, 3.8) is 0 Å². The number of hydrogen-bond acceptors (Lipinski definition) is 4. The Morgan fingerprint density at radius 2 is 2.31 bits per heavy atom. The summed E-state index contributed by atoms with van der Waals surface area (Å²) in [6.45, 7) is 5.11. The van der Waals surface area contributed by atoms with Crippen LogP contribution in [0, 0.1) is 6.92 Å². The molecule has 0 radical (unpaired) electrons. The lowest BCUT2D eigenvalue weighted by molar-refractivity contribution is 0.458. The van der Waals surface area contributed by atoms with E-state index in [0.29, 0.717) is 11.3 Å². The summed E-state index contributed by atoms with van der Waals surface area (Å²) >= 11 is 2.07. The minimum Gasteiger partial charge on any atom is -0.307 e. The second-order valence-electron chi connectivity index (χ2n) is 4.35. The average Bonchev–Trinajstić information content (AvgIpc) is 2.30. The first kappa shape index (κ1) is 11.9. The van der Waals surface area contributed by atoms with Crippen LogP contribution in [0.3, 0.4) is 0 Å². The summed E-state index contributed by atoms with van der Waals surface area (Å²) in [7, 11) is 0. The Hall–Kier alpha value is -0.610. The van der Waals surface area contributed by atoms with Gasteiger partial charge in [-0.2, -0.15) is 11.8 Å². The van der Waals surface area contributed by atoms with E-state index in [4.69, 9.17) is 0 Å². The number of aryl methyl sites for hydroxylation is 1. The minimum atomic E-state index is 0.627. The third-order valence-electron chi connectivity index (χ3n) is 2.99. The van der Waals surface area contributed by atoms with Crippen molar-refractivity contribution in [1.29, 1.82) is 0 Å². The Kier molecular flexibility index (Phi) is 4.18. The third kappa shape index (κ3) is 3.19. The van der Waals surface area contributed by atoms with E-state index in [2.05, 4.69) is 34.0 Å². The van der Waals surface area contributed by atoms with Crippen molar-refractivity contribution >= 4 is 11.8 Å². The van der Waals surface area contributed by atoms with Crippen molar-refractivity contribution in [3.05, 3.63) is 23.8 Å². The first-order chi connectivity index (χ1) is 7.75. The van der Waals surface area contributed by atoms with E-state index in [-0.39, 0.29) is 0 Å². The van der Waals surface area contributed by atoms with Crippen molar-refractivity contribution in [2.75, 3.05) is 5.75 Å². The first-order valence-corrected chi connectivity index (χ1v) is 6.93. The first-order valence-electron chi connectivity index (χ1n) is 5.88. The van der Waals surface area contributed by atoms with Gasteiger partial charge < -0.3 is 5.32 Å². The SMILES string of the molecule is Cc1cnc(CNC2CCCSC2C)cn1. The van der Waals surface area contributed by atoms with Gasteiger partial charge in [-0.15, -0.1) is 0 Å². The molecule has 3 nitrogen and oxygen atoms in total. The molecule has 0 spiro atoms. The van der Waals surface area contributed by atoms with Crippen LogP contribution in [0.25, 0.3) is 0 Å². The molecule has 4 heteroatoms. The van der Waals surface area contributed by atoms with Crippen LogP contribution in [0.4, 0.5) is 0 Å². The smallest absolute Gasteiger partial charge is 0.0724 e. The predicted octanol–water partition coefficient (Wildman–Crippen LogP) is 2.16. The molecular formula is C12H19N3S. The number of aromatic nitrogens is 2.